The Kier molecular flexibility index (Phi) is 4.88. The van der Waals surface area contributed by atoms with Crippen LogP contribution in [0.3, 0.4) is 0 Å². The fraction of sp³-hybridized carbons (Fsp3) is 0.375. The second kappa shape index (κ2) is 6.50. The molecule has 2 N–H and O–H groups in total. The zero-order valence-electron chi connectivity index (χ0n) is 12.3. The lowest BCUT2D eigenvalue weighted by molar-refractivity contribution is 0.0884. The summed E-state index contributed by atoms with van der Waals surface area (Å²) < 4.78 is 5.21. The third kappa shape index (κ3) is 3.31. The van der Waals surface area contributed by atoms with Gasteiger partial charge in [0.05, 0.1) is 0 Å². The van der Waals surface area contributed by atoms with Crippen LogP contribution >= 0.6 is 12.4 Å². The van der Waals surface area contributed by atoms with E-state index in [1.54, 1.807) is 18.2 Å². The maximum absolute atomic E-state index is 12.4. The lowest BCUT2D eigenvalue weighted by Crippen LogP contribution is -2.52. The van der Waals surface area contributed by atoms with Crippen molar-refractivity contribution in [3.8, 4) is 0 Å². The first-order chi connectivity index (χ1) is 10.1. The number of para-hydroxylation sites is 1. The van der Waals surface area contributed by atoms with Crippen LogP contribution in [0.1, 0.15) is 30.1 Å². The first-order valence-electron chi connectivity index (χ1n) is 7.14. The average molecular weight is 323 g/mol. The Hall–Kier alpha value is -1.85. The van der Waals surface area contributed by atoms with Crippen LogP contribution in [0.4, 0.5) is 0 Å². The highest BCUT2D eigenvalue weighted by molar-refractivity contribution is 5.97. The number of benzene rings is 1. The molecule has 118 valence electrons. The van der Waals surface area contributed by atoms with Crippen molar-refractivity contribution in [1.29, 1.82) is 0 Å². The van der Waals surface area contributed by atoms with Gasteiger partial charge in [0.25, 0.3) is 5.91 Å². The molecular formula is C16H19ClN2O3. The van der Waals surface area contributed by atoms with Crippen LogP contribution in [0.2, 0.25) is 0 Å². The van der Waals surface area contributed by atoms with Crippen LogP contribution in [0, 0.1) is 0 Å². The molecule has 0 aliphatic carbocycles. The molecule has 0 atom stereocenters. The second-order valence-electron chi connectivity index (χ2n) is 5.75. The number of nitrogens with one attached hydrogen (secondary N) is 2. The third-order valence-corrected chi connectivity index (χ3v) is 4.01. The normalized spacial score (nSPS) is 16.8. The van der Waals surface area contributed by atoms with Gasteiger partial charge < -0.3 is 15.1 Å². The Morgan fingerprint density at radius 3 is 2.68 bits per heavy atom. The number of halogens is 1. The predicted octanol–water partition coefficient (Wildman–Crippen LogP) is 2.09. The number of rotatable bonds is 2. The van der Waals surface area contributed by atoms with Gasteiger partial charge in [-0.3, -0.25) is 4.79 Å². The SMILES string of the molecule is CC1(NC(=O)c2cc3ccccc3oc2=O)CCNCC1.Cl. The summed E-state index contributed by atoms with van der Waals surface area (Å²) in [5, 5.41) is 6.98. The van der Waals surface area contributed by atoms with Crippen LogP contribution in [0.15, 0.2) is 39.5 Å². The van der Waals surface area contributed by atoms with E-state index in [4.69, 9.17) is 4.42 Å². The fourth-order valence-electron chi connectivity index (χ4n) is 2.67. The Bertz CT molecular complexity index is 735. The molecule has 2 aromatic rings. The molecule has 3 rings (SSSR count). The maximum atomic E-state index is 12.4. The molecular weight excluding hydrogens is 304 g/mol. The Morgan fingerprint density at radius 1 is 1.27 bits per heavy atom. The quantitative estimate of drug-likeness (QED) is 0.831. The molecule has 0 radical (unpaired) electrons. The number of carbonyl (C=O) groups excluding carboxylic acids is 1. The Morgan fingerprint density at radius 2 is 1.95 bits per heavy atom. The molecule has 5 nitrogen and oxygen atoms in total. The van der Waals surface area contributed by atoms with E-state index in [0.29, 0.717) is 5.58 Å². The molecule has 6 heteroatoms. The largest absolute Gasteiger partial charge is 0.422 e. The van der Waals surface area contributed by atoms with Gasteiger partial charge in [-0.1, -0.05) is 18.2 Å². The van der Waals surface area contributed by atoms with Crippen LogP contribution in [-0.4, -0.2) is 24.5 Å². The van der Waals surface area contributed by atoms with Crippen molar-refractivity contribution in [3.63, 3.8) is 0 Å². The van der Waals surface area contributed by atoms with Gasteiger partial charge in [0.1, 0.15) is 11.1 Å². The molecule has 1 aromatic carbocycles. The van der Waals surface area contributed by atoms with Gasteiger partial charge in [-0.2, -0.15) is 0 Å². The predicted molar refractivity (Wildman–Crippen MR) is 87.7 cm³/mol. The van der Waals surface area contributed by atoms with Gasteiger partial charge in [0.15, 0.2) is 0 Å². The van der Waals surface area contributed by atoms with Crippen molar-refractivity contribution in [1.82, 2.24) is 10.6 Å². The van der Waals surface area contributed by atoms with Gasteiger partial charge in [0.2, 0.25) is 0 Å². The van der Waals surface area contributed by atoms with E-state index in [0.717, 1.165) is 31.3 Å². The summed E-state index contributed by atoms with van der Waals surface area (Å²) in [6, 6.07) is 8.77. The molecule has 1 amide bonds. The molecule has 0 bridgehead atoms. The minimum atomic E-state index is -0.594. The van der Waals surface area contributed by atoms with Gasteiger partial charge in [-0.15, -0.1) is 12.4 Å². The maximum Gasteiger partial charge on any atom is 0.349 e. The molecule has 1 aliphatic rings. The van der Waals surface area contributed by atoms with Gasteiger partial charge in [-0.25, -0.2) is 4.79 Å². The smallest absolute Gasteiger partial charge is 0.349 e. The summed E-state index contributed by atoms with van der Waals surface area (Å²) in [6.07, 6.45) is 1.69. The van der Waals surface area contributed by atoms with Gasteiger partial charge in [0, 0.05) is 10.9 Å². The minimum absolute atomic E-state index is 0. The van der Waals surface area contributed by atoms with E-state index < -0.39 is 5.63 Å². The molecule has 1 aliphatic heterocycles. The van der Waals surface area contributed by atoms with Gasteiger partial charge in [-0.05, 0) is 45.0 Å². The number of hydrogen-bond acceptors (Lipinski definition) is 4. The zero-order chi connectivity index (χ0) is 14.9. The highest BCUT2D eigenvalue weighted by atomic mass is 35.5. The highest BCUT2D eigenvalue weighted by Crippen LogP contribution is 2.18. The van der Waals surface area contributed by atoms with E-state index in [9.17, 15) is 9.59 Å². The van der Waals surface area contributed by atoms with E-state index in [1.165, 1.54) is 0 Å². The van der Waals surface area contributed by atoms with Crippen molar-refractivity contribution in [3.05, 3.63) is 46.3 Å². The van der Waals surface area contributed by atoms with Crippen LogP contribution in [0.5, 0.6) is 0 Å². The minimum Gasteiger partial charge on any atom is -0.422 e. The lowest BCUT2D eigenvalue weighted by Gasteiger charge is -2.34. The van der Waals surface area contributed by atoms with Crippen molar-refractivity contribution < 1.29 is 9.21 Å². The molecule has 0 spiro atoms. The first-order valence-corrected chi connectivity index (χ1v) is 7.14. The molecule has 1 saturated heterocycles. The third-order valence-electron chi connectivity index (χ3n) is 4.01. The monoisotopic (exact) mass is 322 g/mol. The van der Waals surface area contributed by atoms with Crippen molar-refractivity contribution in [2.24, 2.45) is 0 Å². The van der Waals surface area contributed by atoms with Crippen LogP contribution < -0.4 is 16.3 Å². The summed E-state index contributed by atoms with van der Waals surface area (Å²) in [5.41, 5.74) is -0.315. The van der Waals surface area contributed by atoms with Crippen molar-refractivity contribution in [2.75, 3.05) is 13.1 Å². The van der Waals surface area contributed by atoms with E-state index in [1.807, 2.05) is 19.1 Å². The number of fused-ring (bicyclic) bond motifs is 1. The summed E-state index contributed by atoms with van der Waals surface area (Å²) in [6.45, 7) is 3.74. The number of hydrogen-bond donors (Lipinski definition) is 2. The fourth-order valence-corrected chi connectivity index (χ4v) is 2.67. The first kappa shape index (κ1) is 16.5. The summed E-state index contributed by atoms with van der Waals surface area (Å²) in [7, 11) is 0. The van der Waals surface area contributed by atoms with Crippen LogP contribution in [-0.2, 0) is 0 Å². The van der Waals surface area contributed by atoms with E-state index in [-0.39, 0.29) is 29.4 Å². The Balaban J connectivity index is 0.00000176. The standard InChI is InChI=1S/C16H18N2O3.ClH/c1-16(6-8-17-9-7-16)18-14(19)12-10-11-4-2-3-5-13(11)21-15(12)20;/h2-5,10,17H,6-9H2,1H3,(H,18,19);1H. The van der Waals surface area contributed by atoms with Crippen molar-refractivity contribution >= 4 is 29.3 Å². The molecule has 1 aromatic heterocycles. The summed E-state index contributed by atoms with van der Waals surface area (Å²) in [5.74, 6) is -0.362. The topological polar surface area (TPSA) is 71.3 Å². The van der Waals surface area contributed by atoms with Crippen molar-refractivity contribution in [2.45, 2.75) is 25.3 Å². The Labute approximate surface area is 134 Å². The molecule has 0 saturated carbocycles. The molecule has 0 unspecified atom stereocenters. The van der Waals surface area contributed by atoms with Gasteiger partial charge >= 0.3 is 5.63 Å². The molecule has 2 heterocycles. The van der Waals surface area contributed by atoms with E-state index in [2.05, 4.69) is 10.6 Å². The summed E-state index contributed by atoms with van der Waals surface area (Å²) >= 11 is 0. The van der Waals surface area contributed by atoms with Crippen LogP contribution in [0.25, 0.3) is 11.0 Å². The second-order valence-corrected chi connectivity index (χ2v) is 5.75. The number of carbonyl (C=O) groups is 1. The number of piperidine rings is 1. The molecule has 22 heavy (non-hydrogen) atoms. The lowest BCUT2D eigenvalue weighted by atomic mass is 9.90. The summed E-state index contributed by atoms with van der Waals surface area (Å²) in [4.78, 5) is 24.4. The number of amides is 1. The zero-order valence-corrected chi connectivity index (χ0v) is 13.2. The highest BCUT2D eigenvalue weighted by Gasteiger charge is 2.29. The molecule has 1 fully saturated rings. The van der Waals surface area contributed by atoms with E-state index >= 15 is 0 Å². The average Bonchev–Trinajstić information content (AvgIpc) is 2.46.